The van der Waals surface area contributed by atoms with Gasteiger partial charge in [0.05, 0.1) is 17.1 Å². The summed E-state index contributed by atoms with van der Waals surface area (Å²) in [6.45, 7) is 8.94. The van der Waals surface area contributed by atoms with E-state index in [0.717, 1.165) is 0 Å². The van der Waals surface area contributed by atoms with Crippen LogP contribution in [0.15, 0.2) is 24.3 Å². The van der Waals surface area contributed by atoms with Crippen molar-refractivity contribution in [1.29, 1.82) is 0 Å². The molecule has 122 valence electrons. The molecule has 0 fully saturated rings. The molecule has 0 bridgehead atoms. The first kappa shape index (κ1) is 16.9. The number of nitrogens with one attached hydrogen (secondary N) is 1. The fourth-order valence-corrected chi connectivity index (χ4v) is 1.84. The Labute approximate surface area is 134 Å². The van der Waals surface area contributed by atoms with Gasteiger partial charge in [-0.1, -0.05) is 32.9 Å². The number of para-hydroxylation sites is 1. The van der Waals surface area contributed by atoms with Crippen LogP contribution in [0.5, 0.6) is 11.8 Å². The smallest absolute Gasteiger partial charge is 0.322 e. The van der Waals surface area contributed by atoms with Crippen molar-refractivity contribution in [3.8, 4) is 11.8 Å². The predicted octanol–water partition coefficient (Wildman–Crippen LogP) is 4.01. The van der Waals surface area contributed by atoms with Gasteiger partial charge in [0.25, 0.3) is 0 Å². The molecule has 0 unspecified atom stereocenters. The van der Waals surface area contributed by atoms with Crippen LogP contribution in [-0.4, -0.2) is 15.9 Å². The lowest BCUT2D eigenvalue weighted by atomic mass is 9.95. The normalized spacial score (nSPS) is 11.2. The Morgan fingerprint density at radius 3 is 2.22 bits per heavy atom. The first-order valence-corrected chi connectivity index (χ1v) is 7.27. The molecule has 6 heteroatoms. The zero-order chi connectivity index (χ0) is 17.2. The van der Waals surface area contributed by atoms with Gasteiger partial charge >= 0.3 is 6.01 Å². The predicted molar refractivity (Wildman–Crippen MR) is 86.1 cm³/mol. The van der Waals surface area contributed by atoms with Crippen molar-refractivity contribution in [3.63, 3.8) is 0 Å². The highest BCUT2D eigenvalue weighted by Crippen LogP contribution is 2.26. The fraction of sp³-hybridized carbons (Fsp3) is 0.353. The Morgan fingerprint density at radius 2 is 1.70 bits per heavy atom. The summed E-state index contributed by atoms with van der Waals surface area (Å²) < 4.78 is 19.0. The van der Waals surface area contributed by atoms with Crippen molar-refractivity contribution in [3.05, 3.63) is 41.5 Å². The average molecular weight is 317 g/mol. The second-order valence-electron chi connectivity index (χ2n) is 6.29. The van der Waals surface area contributed by atoms with E-state index in [1.54, 1.807) is 26.0 Å². The number of hydrogen-bond donors (Lipinski definition) is 1. The first-order valence-electron chi connectivity index (χ1n) is 7.27. The van der Waals surface area contributed by atoms with Gasteiger partial charge in [0.2, 0.25) is 5.91 Å². The molecule has 1 aromatic carbocycles. The molecule has 0 aliphatic carbocycles. The minimum Gasteiger partial charge on any atom is -0.421 e. The van der Waals surface area contributed by atoms with E-state index in [1.165, 1.54) is 12.1 Å². The second-order valence-corrected chi connectivity index (χ2v) is 6.29. The molecular weight excluding hydrogens is 297 g/mol. The summed E-state index contributed by atoms with van der Waals surface area (Å²) in [5.74, 6) is -0.565. The molecule has 0 saturated heterocycles. The number of hydrogen-bond acceptors (Lipinski definition) is 4. The third kappa shape index (κ3) is 4.03. The van der Waals surface area contributed by atoms with E-state index >= 15 is 0 Å². The molecule has 0 atom stereocenters. The lowest BCUT2D eigenvalue weighted by Gasteiger charge is -2.19. The molecule has 1 amide bonds. The van der Waals surface area contributed by atoms with E-state index in [0.29, 0.717) is 17.1 Å². The molecule has 1 N–H and O–H groups in total. The molecule has 23 heavy (non-hydrogen) atoms. The summed E-state index contributed by atoms with van der Waals surface area (Å²) in [5.41, 5.74) is 1.13. The van der Waals surface area contributed by atoms with Gasteiger partial charge in [0.15, 0.2) is 11.6 Å². The second kappa shape index (κ2) is 6.32. The maximum Gasteiger partial charge on any atom is 0.322 e. The molecule has 0 radical (unpaired) electrons. The number of benzene rings is 1. The van der Waals surface area contributed by atoms with Crippen LogP contribution < -0.4 is 10.1 Å². The largest absolute Gasteiger partial charge is 0.421 e. The minimum absolute atomic E-state index is 0.0406. The molecule has 1 heterocycles. The van der Waals surface area contributed by atoms with Gasteiger partial charge in [0, 0.05) is 5.41 Å². The first-order chi connectivity index (χ1) is 10.7. The van der Waals surface area contributed by atoms with Crippen LogP contribution in [0.3, 0.4) is 0 Å². The number of carbonyl (C=O) groups is 1. The van der Waals surface area contributed by atoms with Gasteiger partial charge < -0.3 is 10.1 Å². The van der Waals surface area contributed by atoms with E-state index in [1.807, 2.05) is 20.8 Å². The van der Waals surface area contributed by atoms with E-state index in [-0.39, 0.29) is 17.7 Å². The zero-order valence-electron chi connectivity index (χ0n) is 13.9. The monoisotopic (exact) mass is 317 g/mol. The summed E-state index contributed by atoms with van der Waals surface area (Å²) in [5, 5.41) is 2.83. The molecule has 2 rings (SSSR count). The zero-order valence-corrected chi connectivity index (χ0v) is 13.9. The Hall–Kier alpha value is -2.50. The number of ether oxygens (including phenoxy) is 1. The third-order valence-electron chi connectivity index (χ3n) is 3.21. The number of carbonyl (C=O) groups excluding carboxylic acids is 1. The molecular formula is C17H20FN3O2. The van der Waals surface area contributed by atoms with Gasteiger partial charge in [-0.05, 0) is 26.0 Å². The van der Waals surface area contributed by atoms with Crippen LogP contribution in [0.25, 0.3) is 0 Å². The fourth-order valence-electron chi connectivity index (χ4n) is 1.84. The van der Waals surface area contributed by atoms with E-state index in [9.17, 15) is 9.18 Å². The molecule has 0 spiro atoms. The molecule has 0 saturated carbocycles. The highest BCUT2D eigenvalue weighted by Gasteiger charge is 2.23. The van der Waals surface area contributed by atoms with Crippen LogP contribution in [-0.2, 0) is 4.79 Å². The van der Waals surface area contributed by atoms with Crippen LogP contribution in [0.1, 0.15) is 32.2 Å². The average Bonchev–Trinajstić information content (AvgIpc) is 2.44. The quantitative estimate of drug-likeness (QED) is 0.929. The van der Waals surface area contributed by atoms with Gasteiger partial charge in [-0.25, -0.2) is 4.39 Å². The Bertz CT molecular complexity index is 716. The maximum absolute atomic E-state index is 13.6. The molecule has 0 aliphatic rings. The van der Waals surface area contributed by atoms with Gasteiger partial charge in [-0.15, -0.1) is 0 Å². The Balaban J connectivity index is 2.27. The summed E-state index contributed by atoms with van der Waals surface area (Å²) in [6.07, 6.45) is 0. The van der Waals surface area contributed by atoms with E-state index in [2.05, 4.69) is 15.3 Å². The molecule has 1 aromatic heterocycles. The topological polar surface area (TPSA) is 64.1 Å². The minimum atomic E-state index is -0.527. The van der Waals surface area contributed by atoms with Crippen LogP contribution in [0, 0.1) is 25.1 Å². The van der Waals surface area contributed by atoms with Crippen LogP contribution >= 0.6 is 0 Å². The number of aryl methyl sites for hydroxylation is 2. The van der Waals surface area contributed by atoms with Crippen molar-refractivity contribution >= 4 is 11.6 Å². The Morgan fingerprint density at radius 1 is 1.13 bits per heavy atom. The number of anilines is 1. The summed E-state index contributed by atoms with van der Waals surface area (Å²) >= 11 is 0. The number of nitrogens with zero attached hydrogens (tertiary/aromatic N) is 2. The SMILES string of the molecule is Cc1nc(Oc2ccccc2F)nc(C)c1NC(=O)C(C)(C)C. The number of aromatic nitrogens is 2. The highest BCUT2D eigenvalue weighted by molar-refractivity contribution is 5.95. The van der Waals surface area contributed by atoms with E-state index in [4.69, 9.17) is 4.74 Å². The van der Waals surface area contributed by atoms with Crippen LogP contribution in [0.2, 0.25) is 0 Å². The molecule has 2 aromatic rings. The summed E-state index contributed by atoms with van der Waals surface area (Å²) in [4.78, 5) is 20.5. The summed E-state index contributed by atoms with van der Waals surface area (Å²) in [7, 11) is 0. The van der Waals surface area contributed by atoms with E-state index < -0.39 is 11.2 Å². The van der Waals surface area contributed by atoms with Gasteiger partial charge in [-0.2, -0.15) is 9.97 Å². The van der Waals surface area contributed by atoms with Crippen molar-refractivity contribution in [2.45, 2.75) is 34.6 Å². The number of halogens is 1. The standard InChI is InChI=1S/C17H20FN3O2/c1-10-14(21-15(22)17(3,4)5)11(2)20-16(19-10)23-13-9-7-6-8-12(13)18/h6-9H,1-5H3,(H,21,22). The van der Waals surface area contributed by atoms with Crippen molar-refractivity contribution in [1.82, 2.24) is 9.97 Å². The Kier molecular flexibility index (Phi) is 4.63. The lowest BCUT2D eigenvalue weighted by Crippen LogP contribution is -2.28. The van der Waals surface area contributed by atoms with Crippen LogP contribution in [0.4, 0.5) is 10.1 Å². The number of rotatable bonds is 3. The third-order valence-corrected chi connectivity index (χ3v) is 3.21. The van der Waals surface area contributed by atoms with Crippen molar-refractivity contribution < 1.29 is 13.9 Å². The van der Waals surface area contributed by atoms with Gasteiger partial charge in [0.1, 0.15) is 0 Å². The molecule has 5 nitrogen and oxygen atoms in total. The van der Waals surface area contributed by atoms with Crippen molar-refractivity contribution in [2.24, 2.45) is 5.41 Å². The maximum atomic E-state index is 13.6. The summed E-state index contributed by atoms with van der Waals surface area (Å²) in [6, 6.07) is 6.07. The highest BCUT2D eigenvalue weighted by atomic mass is 19.1. The van der Waals surface area contributed by atoms with Crippen molar-refractivity contribution in [2.75, 3.05) is 5.32 Å². The molecule has 0 aliphatic heterocycles. The number of amides is 1. The van der Waals surface area contributed by atoms with Gasteiger partial charge in [-0.3, -0.25) is 4.79 Å². The lowest BCUT2D eigenvalue weighted by molar-refractivity contribution is -0.123.